The Hall–Kier alpha value is -5.96. The molecule has 8 amide bonds. The van der Waals surface area contributed by atoms with Crippen LogP contribution in [0.3, 0.4) is 0 Å². The molecule has 4 fully saturated rings. The van der Waals surface area contributed by atoms with E-state index in [1.807, 2.05) is 100 Å². The van der Waals surface area contributed by atoms with E-state index >= 15 is 0 Å². The molecule has 3 aromatic carbocycles. The smallest absolute Gasteiger partial charge is 0.246 e. The minimum absolute atomic E-state index is 0.223. The molecule has 0 bridgehead atoms. The van der Waals surface area contributed by atoms with Crippen molar-refractivity contribution >= 4 is 70.8 Å². The monoisotopic (exact) mass is 1100 g/mol. The van der Waals surface area contributed by atoms with Crippen LogP contribution in [-0.2, 0) is 64.3 Å². The van der Waals surface area contributed by atoms with Gasteiger partial charge >= 0.3 is 0 Å². The van der Waals surface area contributed by atoms with Crippen LogP contribution in [0.4, 0.5) is 0 Å². The summed E-state index contributed by atoms with van der Waals surface area (Å²) in [5, 5.41) is 23.9. The highest BCUT2D eigenvalue weighted by Crippen LogP contribution is 2.49. The molecule has 0 aromatic heterocycles. The predicted molar refractivity (Wildman–Crippen MR) is 300 cm³/mol. The molecule has 3 aromatic rings. The van der Waals surface area contributed by atoms with E-state index in [1.54, 1.807) is 61.3 Å². The maximum Gasteiger partial charge on any atom is 0.246 e. The van der Waals surface area contributed by atoms with Gasteiger partial charge in [0.25, 0.3) is 0 Å². The Morgan fingerprint density at radius 2 is 0.923 bits per heavy atom. The molecule has 0 radical (unpaired) electrons. The van der Waals surface area contributed by atoms with Crippen LogP contribution in [0.2, 0.25) is 0 Å². The minimum Gasteiger partial charge on any atom is -0.352 e. The van der Waals surface area contributed by atoms with Crippen molar-refractivity contribution in [3.63, 3.8) is 0 Å². The Kier molecular flexibility index (Phi) is 17.0. The highest BCUT2D eigenvalue weighted by atomic mass is 32.2. The highest BCUT2D eigenvalue weighted by molar-refractivity contribution is 8.00. The van der Waals surface area contributed by atoms with Crippen molar-refractivity contribution in [3.05, 3.63) is 106 Å². The third kappa shape index (κ3) is 11.5. The third-order valence-electron chi connectivity index (χ3n) is 17.1. The fourth-order valence-electron chi connectivity index (χ4n) is 12.5. The summed E-state index contributed by atoms with van der Waals surface area (Å²) in [5.41, 5.74) is 4.16. The number of thioether (sulfide) groups is 2. The Bertz CT molecular complexity index is 2630. The first-order valence-electron chi connectivity index (χ1n) is 27.4. The van der Waals surface area contributed by atoms with E-state index in [4.69, 9.17) is 0 Å². The second kappa shape index (κ2) is 23.4. The number of carbonyl (C=O) groups is 8. The van der Waals surface area contributed by atoms with Crippen molar-refractivity contribution in [1.82, 2.24) is 52.3 Å². The summed E-state index contributed by atoms with van der Waals surface area (Å²) in [6, 6.07) is 17.6. The van der Waals surface area contributed by atoms with Crippen molar-refractivity contribution in [1.29, 1.82) is 0 Å². The molecular formula is C58H76N10O8S2. The number of nitrogens with one attached hydrogen (secondary N) is 8. The zero-order chi connectivity index (χ0) is 55.8. The lowest BCUT2D eigenvalue weighted by Gasteiger charge is -2.35. The molecule has 6 aliphatic rings. The van der Waals surface area contributed by atoms with E-state index in [0.717, 1.165) is 33.4 Å². The summed E-state index contributed by atoms with van der Waals surface area (Å²) in [6.07, 6.45) is 2.96. The summed E-state index contributed by atoms with van der Waals surface area (Å²) >= 11 is 3.26. The number of rotatable bonds is 16. The predicted octanol–water partition coefficient (Wildman–Crippen LogP) is 3.34. The van der Waals surface area contributed by atoms with Crippen molar-refractivity contribution in [2.75, 3.05) is 25.6 Å². The summed E-state index contributed by atoms with van der Waals surface area (Å²) in [7, 11) is 3.37. The van der Waals surface area contributed by atoms with Gasteiger partial charge < -0.3 is 52.3 Å². The number of amides is 8. The van der Waals surface area contributed by atoms with Crippen LogP contribution in [0.1, 0.15) is 113 Å². The van der Waals surface area contributed by atoms with Gasteiger partial charge in [-0.1, -0.05) is 100 Å². The zero-order valence-corrected chi connectivity index (χ0v) is 47.5. The van der Waals surface area contributed by atoms with E-state index in [1.165, 1.54) is 0 Å². The van der Waals surface area contributed by atoms with E-state index in [-0.39, 0.29) is 71.1 Å². The second-order valence-electron chi connectivity index (χ2n) is 23.3. The van der Waals surface area contributed by atoms with Crippen LogP contribution in [0, 0.1) is 22.7 Å². The van der Waals surface area contributed by atoms with Gasteiger partial charge in [-0.2, -0.15) is 0 Å². The van der Waals surface area contributed by atoms with E-state index in [0.29, 0.717) is 50.0 Å². The average Bonchev–Trinajstić information content (AvgIpc) is 4.19. The first kappa shape index (κ1) is 56.7. The molecule has 0 spiro atoms. The molecule has 4 saturated heterocycles. The van der Waals surface area contributed by atoms with Crippen LogP contribution in [0.25, 0.3) is 0 Å². The van der Waals surface area contributed by atoms with Crippen LogP contribution in [0.15, 0.2) is 72.8 Å². The zero-order valence-electron chi connectivity index (χ0n) is 45.9. The first-order valence-corrected chi connectivity index (χ1v) is 29.5. The molecule has 20 heteroatoms. The number of hydrogen-bond acceptors (Lipinski definition) is 12. The van der Waals surface area contributed by atoms with E-state index < -0.39 is 71.0 Å². The fraction of sp³-hybridized carbons (Fsp3) is 0.552. The number of carbonyl (C=O) groups excluding carboxylic acids is 8. The Balaban J connectivity index is 0.823. The molecule has 8 N–H and O–H groups in total. The summed E-state index contributed by atoms with van der Waals surface area (Å²) in [6.45, 7) is 11.9. The van der Waals surface area contributed by atoms with Gasteiger partial charge in [0.05, 0.1) is 46.8 Å². The van der Waals surface area contributed by atoms with Gasteiger partial charge in [0.1, 0.15) is 24.2 Å². The highest BCUT2D eigenvalue weighted by Gasteiger charge is 2.57. The molecule has 2 unspecified atom stereocenters. The van der Waals surface area contributed by atoms with Gasteiger partial charge in [-0.25, -0.2) is 0 Å². The van der Waals surface area contributed by atoms with Gasteiger partial charge in [-0.3, -0.25) is 38.4 Å². The van der Waals surface area contributed by atoms with Crippen molar-refractivity contribution in [2.24, 2.45) is 22.7 Å². The molecule has 18 nitrogen and oxygen atoms in total. The number of hydrogen-bond donors (Lipinski definition) is 8. The second-order valence-corrected chi connectivity index (χ2v) is 25.9. The van der Waals surface area contributed by atoms with Gasteiger partial charge in [-0.15, -0.1) is 23.5 Å². The number of benzene rings is 3. The molecule has 78 heavy (non-hydrogen) atoms. The number of likely N-dealkylation sites (N-methyl/N-ethyl adjacent to an activating group) is 2. The molecule has 2 aliphatic carbocycles. The molecule has 4 heterocycles. The number of fused-ring (bicyclic) bond motifs is 4. The lowest BCUT2D eigenvalue weighted by atomic mass is 9.83. The molecule has 4 aliphatic heterocycles. The van der Waals surface area contributed by atoms with Crippen LogP contribution in [0.5, 0.6) is 0 Å². The maximum atomic E-state index is 14.7. The minimum atomic E-state index is -0.822. The first-order chi connectivity index (χ1) is 37.2. The topological polar surface area (TPSA) is 239 Å². The van der Waals surface area contributed by atoms with Crippen LogP contribution < -0.4 is 42.5 Å². The molecular weight excluding hydrogens is 1030 g/mol. The Labute approximate surface area is 466 Å². The molecule has 0 saturated carbocycles. The Morgan fingerprint density at radius 1 is 0.551 bits per heavy atom. The Morgan fingerprint density at radius 3 is 1.29 bits per heavy atom. The standard InChI is InChI=1S/C58H76N10O8S2/c1-31(59-7)49(69)63-41-21-23-77-43-27-57(3,4)47(67(43)55(41)75)53(73)65-45-37-15-11-9-13-35(37)25-39(45)51(71)61-29-33-17-19-34(20-18-33)30-62-52(72)40-26-36-14-10-12-16-38(36)46(40)66-54(74)48-58(5,6)28-44-68(48)56(76)42(22-24-78-44)64-50(70)32(2)60-8/h9-20,31-32,39-48,59-60H,21-30H2,1-8H3,(H,61,71)(H,62,72)(H,63,69)(H,64,70)(H,65,73)(H,66,74)/t31-,32-,39+,40+,41-,42-,43?,44?,45-,46-,47+,48+/m0/s1. The summed E-state index contributed by atoms with van der Waals surface area (Å²) in [4.78, 5) is 115. The van der Waals surface area contributed by atoms with Gasteiger partial charge in [0.2, 0.25) is 47.3 Å². The van der Waals surface area contributed by atoms with Crippen LogP contribution in [-0.4, -0.2) is 130 Å². The third-order valence-corrected chi connectivity index (χ3v) is 19.6. The maximum absolute atomic E-state index is 14.7. The molecule has 12 atom stereocenters. The van der Waals surface area contributed by atoms with Crippen molar-refractivity contribution < 1.29 is 38.4 Å². The van der Waals surface area contributed by atoms with Gasteiger partial charge in [0, 0.05) is 13.1 Å². The average molecular weight is 1110 g/mol. The fourth-order valence-corrected chi connectivity index (χ4v) is 15.6. The van der Waals surface area contributed by atoms with Gasteiger partial charge in [0.15, 0.2) is 0 Å². The normalized spacial score (nSPS) is 28.4. The van der Waals surface area contributed by atoms with E-state index in [9.17, 15) is 38.4 Å². The quantitative estimate of drug-likeness (QED) is 0.103. The number of nitrogens with zero attached hydrogens (tertiary/aromatic N) is 2. The van der Waals surface area contributed by atoms with E-state index in [2.05, 4.69) is 42.5 Å². The van der Waals surface area contributed by atoms with Gasteiger partial charge in [-0.05, 0) is 122 Å². The molecule has 9 rings (SSSR count). The lowest BCUT2D eigenvalue weighted by molar-refractivity contribution is -0.144. The SMILES string of the molecule is CN[C@@H](C)C(=O)N[C@H]1CCSC2CC(C)(C)[C@@H](C(=O)N[C@H]3c4ccccc4C[C@H]3C(=O)NCc3ccc(CNC(=O)[C@@H]4Cc5ccccc5[C@@H]4NC(=O)[C@H]4N5C(=O)[C@@H](NC(=O)[C@H](C)NC)CCSC5CC4(C)C)cc3)N2C1=O. The summed E-state index contributed by atoms with van der Waals surface area (Å²) in [5.74, 6) is -2.14. The van der Waals surface area contributed by atoms with Crippen LogP contribution >= 0.6 is 23.5 Å². The lowest BCUT2D eigenvalue weighted by Crippen LogP contribution is -2.58. The van der Waals surface area contributed by atoms with Crippen molar-refractivity contribution in [2.45, 2.75) is 152 Å². The largest absolute Gasteiger partial charge is 0.352 e. The van der Waals surface area contributed by atoms with Crippen molar-refractivity contribution in [3.8, 4) is 0 Å². The molecule has 418 valence electrons. The summed E-state index contributed by atoms with van der Waals surface area (Å²) < 4.78 is 0.